The van der Waals surface area contributed by atoms with E-state index in [1.807, 2.05) is 6.20 Å². The quantitative estimate of drug-likeness (QED) is 0.804. The van der Waals surface area contributed by atoms with Crippen molar-refractivity contribution in [3.63, 3.8) is 0 Å². The number of hydrogen-bond acceptors (Lipinski definition) is 3. The van der Waals surface area contributed by atoms with E-state index in [4.69, 9.17) is 4.74 Å². The lowest BCUT2D eigenvalue weighted by Gasteiger charge is -2.21. The number of rotatable bonds is 2. The van der Waals surface area contributed by atoms with Crippen LogP contribution in [0, 0.1) is 0 Å². The average molecular weight is 248 g/mol. The normalized spacial score (nSPS) is 18.6. The fourth-order valence-electron chi connectivity index (χ4n) is 2.15. The fourth-order valence-corrected chi connectivity index (χ4v) is 2.15. The summed E-state index contributed by atoms with van der Waals surface area (Å²) in [6.45, 7) is 11.5. The minimum Gasteiger partial charge on any atom is -0.380 e. The van der Waals surface area contributed by atoms with E-state index in [1.54, 1.807) is 0 Å². The number of pyridine rings is 1. The Bertz CT molecular complexity index is 359. The Kier molecular flexibility index (Phi) is 4.36. The first kappa shape index (κ1) is 13.5. The third kappa shape index (κ3) is 3.79. The van der Waals surface area contributed by atoms with Gasteiger partial charge in [-0.1, -0.05) is 26.8 Å². The maximum absolute atomic E-state index is 5.46. The molecule has 0 saturated carbocycles. The van der Waals surface area contributed by atoms with E-state index in [0.29, 0.717) is 0 Å². The molecule has 0 N–H and O–H groups in total. The first-order chi connectivity index (χ1) is 8.55. The van der Waals surface area contributed by atoms with E-state index >= 15 is 0 Å². The topological polar surface area (TPSA) is 25.4 Å². The largest absolute Gasteiger partial charge is 0.380 e. The predicted molar refractivity (Wildman–Crippen MR) is 73.7 cm³/mol. The lowest BCUT2D eigenvalue weighted by Crippen LogP contribution is -2.26. The van der Waals surface area contributed by atoms with E-state index in [2.05, 4.69) is 42.8 Å². The molecule has 100 valence electrons. The van der Waals surface area contributed by atoms with E-state index in [-0.39, 0.29) is 5.41 Å². The third-order valence-corrected chi connectivity index (χ3v) is 3.39. The van der Waals surface area contributed by atoms with Gasteiger partial charge < -0.3 is 4.74 Å². The van der Waals surface area contributed by atoms with Gasteiger partial charge >= 0.3 is 0 Å². The molecule has 0 aliphatic carbocycles. The van der Waals surface area contributed by atoms with Crippen molar-refractivity contribution in [2.24, 2.45) is 0 Å². The highest BCUT2D eigenvalue weighted by Gasteiger charge is 2.14. The molecule has 0 aromatic carbocycles. The molecule has 1 aliphatic rings. The smallest absolute Gasteiger partial charge is 0.0593 e. The van der Waals surface area contributed by atoms with Crippen LogP contribution in [0.2, 0.25) is 0 Å². The molecule has 0 bridgehead atoms. The van der Waals surface area contributed by atoms with Crippen LogP contribution in [0.25, 0.3) is 0 Å². The van der Waals surface area contributed by atoms with Crippen LogP contribution in [0.5, 0.6) is 0 Å². The number of hydrogen-bond donors (Lipinski definition) is 0. The molecule has 0 amide bonds. The van der Waals surface area contributed by atoms with Gasteiger partial charge in [0.2, 0.25) is 0 Å². The zero-order chi connectivity index (χ0) is 13.0. The van der Waals surface area contributed by atoms with Gasteiger partial charge in [-0.3, -0.25) is 9.88 Å². The molecule has 0 unspecified atom stereocenters. The molecule has 1 saturated heterocycles. The second-order valence-corrected chi connectivity index (χ2v) is 6.03. The molecule has 1 aromatic rings. The number of nitrogens with zero attached hydrogens (tertiary/aromatic N) is 2. The molecule has 0 atom stereocenters. The Balaban J connectivity index is 1.97. The van der Waals surface area contributed by atoms with Crippen LogP contribution in [0.4, 0.5) is 0 Å². The van der Waals surface area contributed by atoms with E-state index in [1.165, 1.54) is 5.56 Å². The summed E-state index contributed by atoms with van der Waals surface area (Å²) in [6.07, 6.45) is 3.14. The summed E-state index contributed by atoms with van der Waals surface area (Å²) in [7, 11) is 0. The van der Waals surface area contributed by atoms with Gasteiger partial charge in [0.05, 0.1) is 12.3 Å². The van der Waals surface area contributed by atoms with Crippen LogP contribution in [-0.4, -0.2) is 36.2 Å². The first-order valence-corrected chi connectivity index (χ1v) is 6.81. The predicted octanol–water partition coefficient (Wildman–Crippen LogP) is 2.60. The molecular weight excluding hydrogens is 224 g/mol. The molecule has 1 aromatic heterocycles. The second-order valence-electron chi connectivity index (χ2n) is 6.03. The third-order valence-electron chi connectivity index (χ3n) is 3.39. The summed E-state index contributed by atoms with van der Waals surface area (Å²) < 4.78 is 5.46. The Morgan fingerprint density at radius 3 is 2.72 bits per heavy atom. The highest BCUT2D eigenvalue weighted by molar-refractivity contribution is 5.21. The minimum atomic E-state index is 0.183. The van der Waals surface area contributed by atoms with Gasteiger partial charge in [0.25, 0.3) is 0 Å². The molecule has 2 rings (SSSR count). The molecule has 0 spiro atoms. The van der Waals surface area contributed by atoms with E-state index < -0.39 is 0 Å². The van der Waals surface area contributed by atoms with Crippen molar-refractivity contribution in [3.05, 3.63) is 29.6 Å². The zero-order valence-corrected chi connectivity index (χ0v) is 11.8. The first-order valence-electron chi connectivity index (χ1n) is 6.81. The van der Waals surface area contributed by atoms with Gasteiger partial charge in [-0.2, -0.15) is 0 Å². The monoisotopic (exact) mass is 248 g/mol. The minimum absolute atomic E-state index is 0.183. The summed E-state index contributed by atoms with van der Waals surface area (Å²) in [6, 6.07) is 4.36. The van der Waals surface area contributed by atoms with Crippen LogP contribution >= 0.6 is 0 Å². The highest BCUT2D eigenvalue weighted by atomic mass is 16.5. The molecule has 0 radical (unpaired) electrons. The molecule has 18 heavy (non-hydrogen) atoms. The van der Waals surface area contributed by atoms with Gasteiger partial charge in [0, 0.05) is 32.4 Å². The van der Waals surface area contributed by atoms with Gasteiger partial charge in [0.1, 0.15) is 0 Å². The molecule has 1 aliphatic heterocycles. The Labute approximate surface area is 110 Å². The van der Waals surface area contributed by atoms with Crippen LogP contribution in [-0.2, 0) is 16.7 Å². The molecule has 2 heterocycles. The summed E-state index contributed by atoms with van der Waals surface area (Å²) in [5, 5.41) is 0. The van der Waals surface area contributed by atoms with Crippen molar-refractivity contribution in [3.8, 4) is 0 Å². The van der Waals surface area contributed by atoms with E-state index in [9.17, 15) is 0 Å². The van der Waals surface area contributed by atoms with Crippen LogP contribution in [0.3, 0.4) is 0 Å². The van der Waals surface area contributed by atoms with Gasteiger partial charge in [-0.25, -0.2) is 0 Å². The number of ether oxygens (including phenoxy) is 1. The Hall–Kier alpha value is -0.930. The van der Waals surface area contributed by atoms with E-state index in [0.717, 1.165) is 45.0 Å². The summed E-state index contributed by atoms with van der Waals surface area (Å²) >= 11 is 0. The van der Waals surface area contributed by atoms with Gasteiger partial charge in [-0.05, 0) is 23.5 Å². The lowest BCUT2D eigenvalue weighted by molar-refractivity contribution is 0.140. The van der Waals surface area contributed by atoms with Crippen molar-refractivity contribution in [1.82, 2.24) is 9.88 Å². The highest BCUT2D eigenvalue weighted by Crippen LogP contribution is 2.21. The average Bonchev–Trinajstić information content (AvgIpc) is 2.57. The summed E-state index contributed by atoms with van der Waals surface area (Å²) in [4.78, 5) is 7.01. The lowest BCUT2D eigenvalue weighted by atomic mass is 9.88. The van der Waals surface area contributed by atoms with Crippen LogP contribution in [0.15, 0.2) is 18.3 Å². The van der Waals surface area contributed by atoms with Crippen molar-refractivity contribution < 1.29 is 4.74 Å². The fraction of sp³-hybridized carbons (Fsp3) is 0.667. The van der Waals surface area contributed by atoms with Gasteiger partial charge in [-0.15, -0.1) is 0 Å². The maximum Gasteiger partial charge on any atom is 0.0593 e. The van der Waals surface area contributed by atoms with Crippen LogP contribution < -0.4 is 0 Å². The van der Waals surface area contributed by atoms with Crippen molar-refractivity contribution in [2.45, 2.75) is 39.2 Å². The summed E-state index contributed by atoms with van der Waals surface area (Å²) in [5.41, 5.74) is 2.64. The molecule has 3 nitrogen and oxygen atoms in total. The molecular formula is C15H24N2O. The molecule has 1 fully saturated rings. The maximum atomic E-state index is 5.46. The van der Waals surface area contributed by atoms with Crippen molar-refractivity contribution in [1.29, 1.82) is 0 Å². The standard InChI is InChI=1S/C15H24N2O/c1-15(2,3)13-5-6-14(16-11-13)12-17-7-4-9-18-10-8-17/h5-6,11H,4,7-10,12H2,1-3H3. The SMILES string of the molecule is CC(C)(C)c1ccc(CN2CCCOCC2)nc1. The summed E-state index contributed by atoms with van der Waals surface area (Å²) in [5.74, 6) is 0. The molecule has 3 heteroatoms. The zero-order valence-electron chi connectivity index (χ0n) is 11.8. The van der Waals surface area contributed by atoms with Gasteiger partial charge in [0.15, 0.2) is 0 Å². The van der Waals surface area contributed by atoms with Crippen molar-refractivity contribution in [2.75, 3.05) is 26.3 Å². The van der Waals surface area contributed by atoms with Crippen molar-refractivity contribution >= 4 is 0 Å². The Morgan fingerprint density at radius 1 is 1.22 bits per heavy atom. The Morgan fingerprint density at radius 2 is 2.06 bits per heavy atom. The van der Waals surface area contributed by atoms with Crippen LogP contribution in [0.1, 0.15) is 38.4 Å². The second kappa shape index (κ2) is 5.81. The number of aromatic nitrogens is 1.